The van der Waals surface area contributed by atoms with Crippen molar-refractivity contribution in [2.75, 3.05) is 6.54 Å². The zero-order chi connectivity index (χ0) is 21.6. The fourth-order valence-electron chi connectivity index (χ4n) is 3.40. The zero-order valence-electron chi connectivity index (χ0n) is 16.8. The Balaban J connectivity index is 1.61. The molecule has 8 nitrogen and oxygen atoms in total. The van der Waals surface area contributed by atoms with E-state index in [0.29, 0.717) is 18.5 Å². The number of carbonyl (C=O) groups is 1. The Morgan fingerprint density at radius 2 is 1.65 bits per heavy atom. The van der Waals surface area contributed by atoms with E-state index in [9.17, 15) is 14.4 Å². The topological polar surface area (TPSA) is 98.9 Å². The van der Waals surface area contributed by atoms with Gasteiger partial charge in [0.1, 0.15) is 6.54 Å². The number of aromatic nitrogens is 4. The van der Waals surface area contributed by atoms with Gasteiger partial charge in [-0.05, 0) is 41.8 Å². The van der Waals surface area contributed by atoms with Gasteiger partial charge in [-0.25, -0.2) is 9.78 Å². The number of rotatable bonds is 7. The average Bonchev–Trinajstić information content (AvgIpc) is 2.81. The van der Waals surface area contributed by atoms with Gasteiger partial charge in [-0.3, -0.25) is 23.7 Å². The number of amides is 1. The third-order valence-corrected chi connectivity index (χ3v) is 4.96. The molecule has 0 aliphatic carbocycles. The molecule has 1 amide bonds. The maximum absolute atomic E-state index is 13.1. The van der Waals surface area contributed by atoms with Crippen molar-refractivity contribution in [3.8, 4) is 0 Å². The molecular weight excluding hydrogens is 394 g/mol. The van der Waals surface area contributed by atoms with Gasteiger partial charge in [0.2, 0.25) is 5.91 Å². The number of fused-ring (bicyclic) bond motifs is 1. The minimum Gasteiger partial charge on any atom is -0.354 e. The lowest BCUT2D eigenvalue weighted by molar-refractivity contribution is -0.121. The lowest BCUT2D eigenvalue weighted by atomic mass is 10.1. The summed E-state index contributed by atoms with van der Waals surface area (Å²) in [5.74, 6) is -0.308. The standard InChI is InChI=1S/C23H21N5O3/c29-20(25-14-10-17-5-2-1-3-6-17)16-27-19-7-4-11-26-21(19)22(30)28(23(27)31)15-18-8-12-24-13-9-18/h1-9,11-13H,10,14-16H2,(H,25,29). The molecule has 0 spiro atoms. The minimum absolute atomic E-state index is 0.0718. The third kappa shape index (κ3) is 4.58. The second kappa shape index (κ2) is 9.17. The predicted molar refractivity (Wildman–Crippen MR) is 117 cm³/mol. The Labute approximate surface area is 177 Å². The smallest absolute Gasteiger partial charge is 0.332 e. The van der Waals surface area contributed by atoms with Crippen LogP contribution in [-0.4, -0.2) is 31.6 Å². The lowest BCUT2D eigenvalue weighted by Gasteiger charge is -2.14. The van der Waals surface area contributed by atoms with Crippen molar-refractivity contribution >= 4 is 16.9 Å². The van der Waals surface area contributed by atoms with Crippen LogP contribution < -0.4 is 16.6 Å². The van der Waals surface area contributed by atoms with Crippen molar-refractivity contribution in [2.24, 2.45) is 0 Å². The molecule has 4 aromatic rings. The highest BCUT2D eigenvalue weighted by molar-refractivity contribution is 5.79. The van der Waals surface area contributed by atoms with Crippen LogP contribution in [0, 0.1) is 0 Å². The molecule has 3 heterocycles. The molecule has 31 heavy (non-hydrogen) atoms. The van der Waals surface area contributed by atoms with E-state index in [2.05, 4.69) is 15.3 Å². The summed E-state index contributed by atoms with van der Waals surface area (Å²) in [4.78, 5) is 46.7. The summed E-state index contributed by atoms with van der Waals surface area (Å²) in [6.07, 6.45) is 5.37. The van der Waals surface area contributed by atoms with E-state index >= 15 is 0 Å². The molecule has 0 saturated heterocycles. The second-order valence-corrected chi connectivity index (χ2v) is 7.07. The molecule has 4 rings (SSSR count). The normalized spacial score (nSPS) is 10.8. The van der Waals surface area contributed by atoms with Gasteiger partial charge in [0.05, 0.1) is 12.1 Å². The maximum Gasteiger partial charge on any atom is 0.332 e. The summed E-state index contributed by atoms with van der Waals surface area (Å²) in [6.45, 7) is 0.319. The molecule has 0 unspecified atom stereocenters. The van der Waals surface area contributed by atoms with Gasteiger partial charge in [0, 0.05) is 25.1 Å². The highest BCUT2D eigenvalue weighted by Crippen LogP contribution is 2.06. The van der Waals surface area contributed by atoms with Crippen molar-refractivity contribution in [3.63, 3.8) is 0 Å². The number of carbonyl (C=O) groups excluding carboxylic acids is 1. The summed E-state index contributed by atoms with van der Waals surface area (Å²) in [5.41, 5.74) is 1.30. The Kier molecular flexibility index (Phi) is 5.98. The van der Waals surface area contributed by atoms with Crippen molar-refractivity contribution in [3.05, 3.63) is 105 Å². The largest absolute Gasteiger partial charge is 0.354 e. The van der Waals surface area contributed by atoms with Crippen LogP contribution in [0.3, 0.4) is 0 Å². The Morgan fingerprint density at radius 3 is 2.42 bits per heavy atom. The van der Waals surface area contributed by atoms with Gasteiger partial charge < -0.3 is 5.32 Å². The molecule has 3 aromatic heterocycles. The van der Waals surface area contributed by atoms with Crippen LogP contribution in [0.2, 0.25) is 0 Å². The van der Waals surface area contributed by atoms with Crippen molar-refractivity contribution in [1.29, 1.82) is 0 Å². The second-order valence-electron chi connectivity index (χ2n) is 7.07. The predicted octanol–water partition coefficient (Wildman–Crippen LogP) is 1.36. The zero-order valence-corrected chi connectivity index (χ0v) is 16.8. The average molecular weight is 415 g/mol. The van der Waals surface area contributed by atoms with Crippen LogP contribution in [0.15, 0.2) is 82.8 Å². The fraction of sp³-hybridized carbons (Fsp3) is 0.174. The molecular formula is C23H21N5O3. The molecule has 0 fully saturated rings. The van der Waals surface area contributed by atoms with E-state index in [1.165, 1.54) is 10.8 Å². The summed E-state index contributed by atoms with van der Waals surface area (Å²) in [7, 11) is 0. The molecule has 0 saturated carbocycles. The van der Waals surface area contributed by atoms with Crippen LogP contribution in [0.25, 0.3) is 11.0 Å². The molecule has 0 aliphatic heterocycles. The van der Waals surface area contributed by atoms with Crippen LogP contribution in [0.5, 0.6) is 0 Å². The molecule has 0 atom stereocenters. The molecule has 1 N–H and O–H groups in total. The first-order valence-corrected chi connectivity index (χ1v) is 9.91. The first-order chi connectivity index (χ1) is 15.1. The molecule has 0 radical (unpaired) electrons. The quantitative estimate of drug-likeness (QED) is 0.491. The first kappa shape index (κ1) is 20.2. The van der Waals surface area contributed by atoms with E-state index in [4.69, 9.17) is 0 Å². The van der Waals surface area contributed by atoms with Crippen LogP contribution >= 0.6 is 0 Å². The lowest BCUT2D eigenvalue weighted by Crippen LogP contribution is -2.43. The molecule has 1 aromatic carbocycles. The molecule has 156 valence electrons. The van der Waals surface area contributed by atoms with Crippen LogP contribution in [0.4, 0.5) is 0 Å². The van der Waals surface area contributed by atoms with Gasteiger partial charge in [0.25, 0.3) is 5.56 Å². The number of hydrogen-bond acceptors (Lipinski definition) is 5. The van der Waals surface area contributed by atoms with Gasteiger partial charge in [-0.15, -0.1) is 0 Å². The van der Waals surface area contributed by atoms with Crippen molar-refractivity contribution in [1.82, 2.24) is 24.4 Å². The summed E-state index contributed by atoms with van der Waals surface area (Å²) < 4.78 is 2.39. The van der Waals surface area contributed by atoms with Gasteiger partial charge in [-0.2, -0.15) is 0 Å². The number of nitrogens with zero attached hydrogens (tertiary/aromatic N) is 4. The summed E-state index contributed by atoms with van der Waals surface area (Å²) in [5, 5.41) is 2.84. The third-order valence-electron chi connectivity index (χ3n) is 4.96. The molecule has 8 heteroatoms. The van der Waals surface area contributed by atoms with Crippen LogP contribution in [-0.2, 0) is 24.3 Å². The highest BCUT2D eigenvalue weighted by atomic mass is 16.2. The maximum atomic E-state index is 13.1. The number of nitrogens with one attached hydrogen (secondary N) is 1. The van der Waals surface area contributed by atoms with Crippen LogP contribution in [0.1, 0.15) is 11.1 Å². The van der Waals surface area contributed by atoms with E-state index in [0.717, 1.165) is 15.7 Å². The monoisotopic (exact) mass is 415 g/mol. The fourth-order valence-corrected chi connectivity index (χ4v) is 3.40. The number of pyridine rings is 2. The Morgan fingerprint density at radius 1 is 0.871 bits per heavy atom. The van der Waals surface area contributed by atoms with E-state index in [1.807, 2.05) is 30.3 Å². The van der Waals surface area contributed by atoms with Gasteiger partial charge in [-0.1, -0.05) is 30.3 Å². The summed E-state index contributed by atoms with van der Waals surface area (Å²) in [6, 6.07) is 16.5. The number of benzene rings is 1. The summed E-state index contributed by atoms with van der Waals surface area (Å²) >= 11 is 0. The number of hydrogen-bond donors (Lipinski definition) is 1. The molecule has 0 bridgehead atoms. The minimum atomic E-state index is -0.555. The first-order valence-electron chi connectivity index (χ1n) is 9.91. The van der Waals surface area contributed by atoms with Gasteiger partial charge in [0.15, 0.2) is 5.52 Å². The van der Waals surface area contributed by atoms with Crippen molar-refractivity contribution in [2.45, 2.75) is 19.5 Å². The molecule has 0 aliphatic rings. The van der Waals surface area contributed by atoms with E-state index < -0.39 is 11.2 Å². The Hall–Kier alpha value is -4.07. The Bertz CT molecular complexity index is 1310. The van der Waals surface area contributed by atoms with Gasteiger partial charge >= 0.3 is 5.69 Å². The van der Waals surface area contributed by atoms with E-state index in [1.54, 1.807) is 36.7 Å². The SMILES string of the molecule is O=C(Cn1c(=O)n(Cc2ccncc2)c(=O)c2ncccc21)NCCc1ccccc1. The highest BCUT2D eigenvalue weighted by Gasteiger charge is 2.16. The van der Waals surface area contributed by atoms with E-state index in [-0.39, 0.29) is 24.5 Å². The van der Waals surface area contributed by atoms with Crippen molar-refractivity contribution < 1.29 is 4.79 Å².